The first-order valence-electron chi connectivity index (χ1n) is 7.34. The summed E-state index contributed by atoms with van der Waals surface area (Å²) in [6, 6.07) is -0.665. The molecule has 0 bridgehead atoms. The zero-order valence-electron chi connectivity index (χ0n) is 13.3. The molecular formula is C13H19N5O6. The number of aliphatic hydroxyl groups excluding tert-OH is 1. The number of rotatable bonds is 5. The Morgan fingerprint density at radius 1 is 1.58 bits per heavy atom. The minimum atomic E-state index is -0.826. The van der Waals surface area contributed by atoms with E-state index in [1.165, 1.54) is 17.8 Å². The first-order valence-corrected chi connectivity index (χ1v) is 7.34. The molecule has 2 amide bonds. The van der Waals surface area contributed by atoms with Crippen LogP contribution < -0.4 is 16.6 Å². The van der Waals surface area contributed by atoms with Gasteiger partial charge in [-0.05, 0) is 13.3 Å². The first-order chi connectivity index (χ1) is 11.3. The summed E-state index contributed by atoms with van der Waals surface area (Å²) in [6.45, 7) is 1.72. The fourth-order valence-corrected chi connectivity index (χ4v) is 2.42. The molecule has 132 valence electrons. The number of nitrogens with one attached hydrogen (secondary N) is 2. The fraction of sp³-hybridized carbons (Fsp3) is 0.615. The van der Waals surface area contributed by atoms with E-state index in [1.54, 1.807) is 6.92 Å². The Morgan fingerprint density at radius 3 is 2.96 bits per heavy atom. The lowest BCUT2D eigenvalue weighted by molar-refractivity contribution is -0.0236. The average Bonchev–Trinajstić information content (AvgIpc) is 2.90. The highest BCUT2D eigenvalue weighted by Gasteiger charge is 2.35. The van der Waals surface area contributed by atoms with Crippen LogP contribution in [0.25, 0.3) is 0 Å². The van der Waals surface area contributed by atoms with Crippen LogP contribution in [0, 0.1) is 11.8 Å². The maximum Gasteiger partial charge on any atom is 0.340 e. The lowest BCUT2D eigenvalue weighted by atomic mass is 10.1. The quantitative estimate of drug-likeness (QED) is 0.472. The van der Waals surface area contributed by atoms with Gasteiger partial charge in [-0.3, -0.25) is 14.3 Å². The fourth-order valence-electron chi connectivity index (χ4n) is 2.42. The number of aromatic nitrogens is 2. The third kappa shape index (κ3) is 3.86. The van der Waals surface area contributed by atoms with Crippen LogP contribution >= 0.6 is 0 Å². The highest BCUT2D eigenvalue weighted by atomic mass is 16.5. The Labute approximate surface area is 136 Å². The number of hydrogen-bond donors (Lipinski definition) is 3. The summed E-state index contributed by atoms with van der Waals surface area (Å²) in [4.78, 5) is 47.0. The SMILES string of the molecule is Cc1cn(C2CC(O)C(CCNC(=O)N(C)N=O)O2)c(=O)[nH]c1=O. The van der Waals surface area contributed by atoms with Crippen LogP contribution in [0.3, 0.4) is 0 Å². The molecule has 2 rings (SSSR count). The Hall–Kier alpha value is -2.53. The molecule has 0 aliphatic carbocycles. The lowest BCUT2D eigenvalue weighted by Crippen LogP contribution is -2.36. The number of carbonyl (C=O) groups is 1. The van der Waals surface area contributed by atoms with E-state index in [0.29, 0.717) is 10.6 Å². The molecule has 1 saturated heterocycles. The van der Waals surface area contributed by atoms with E-state index in [1.807, 2.05) is 0 Å². The van der Waals surface area contributed by atoms with Gasteiger partial charge in [-0.1, -0.05) is 0 Å². The summed E-state index contributed by atoms with van der Waals surface area (Å²) < 4.78 is 6.87. The van der Waals surface area contributed by atoms with Crippen molar-refractivity contribution in [3.8, 4) is 0 Å². The summed E-state index contributed by atoms with van der Waals surface area (Å²) in [7, 11) is 1.21. The van der Waals surface area contributed by atoms with Crippen LogP contribution in [0.5, 0.6) is 0 Å². The molecule has 1 aromatic rings. The molecule has 1 fully saturated rings. The summed E-state index contributed by atoms with van der Waals surface area (Å²) in [5.41, 5.74) is -0.731. The normalized spacial score (nSPS) is 23.0. The average molecular weight is 341 g/mol. The number of H-pyrrole nitrogens is 1. The molecular weight excluding hydrogens is 322 g/mol. The Balaban J connectivity index is 1.96. The number of aryl methyl sites for hydroxylation is 1. The van der Waals surface area contributed by atoms with Gasteiger partial charge in [-0.15, -0.1) is 4.91 Å². The Bertz CT molecular complexity index is 728. The standard InChI is InChI=1S/C13H19N5O6/c1-7-6-18(13(22)15-11(7)20)10-5-8(19)9(24-10)3-4-14-12(21)17(2)16-23/h6,8-10,19H,3-5H2,1-2H3,(H,14,21)(H,15,20,22). The van der Waals surface area contributed by atoms with Crippen LogP contribution in [0.2, 0.25) is 0 Å². The van der Waals surface area contributed by atoms with Crippen molar-refractivity contribution < 1.29 is 14.6 Å². The smallest absolute Gasteiger partial charge is 0.340 e. The third-order valence-corrected chi connectivity index (χ3v) is 3.78. The molecule has 1 aromatic heterocycles. The topological polar surface area (TPSA) is 146 Å². The van der Waals surface area contributed by atoms with Gasteiger partial charge in [0.2, 0.25) is 0 Å². The van der Waals surface area contributed by atoms with Crippen LogP contribution in [0.1, 0.15) is 24.6 Å². The number of nitrogens with zero attached hydrogens (tertiary/aromatic N) is 3. The van der Waals surface area contributed by atoms with E-state index >= 15 is 0 Å². The number of nitroso groups, excluding NO2 is 1. The molecule has 11 nitrogen and oxygen atoms in total. The van der Waals surface area contributed by atoms with Crippen molar-refractivity contribution >= 4 is 6.03 Å². The van der Waals surface area contributed by atoms with Crippen molar-refractivity contribution in [2.24, 2.45) is 5.29 Å². The van der Waals surface area contributed by atoms with Gasteiger partial charge in [0.25, 0.3) is 5.56 Å². The maximum absolute atomic E-state index is 11.8. The van der Waals surface area contributed by atoms with Gasteiger partial charge in [-0.25, -0.2) is 9.59 Å². The molecule has 3 N–H and O–H groups in total. The number of urea groups is 1. The van der Waals surface area contributed by atoms with Crippen molar-refractivity contribution in [2.45, 2.75) is 38.2 Å². The zero-order valence-corrected chi connectivity index (χ0v) is 13.3. The number of ether oxygens (including phenoxy) is 1. The van der Waals surface area contributed by atoms with Crippen molar-refractivity contribution in [3.05, 3.63) is 37.5 Å². The number of amides is 2. The molecule has 0 radical (unpaired) electrons. The molecule has 0 aromatic carbocycles. The number of carbonyl (C=O) groups excluding carboxylic acids is 1. The van der Waals surface area contributed by atoms with Gasteiger partial charge in [0.15, 0.2) is 0 Å². The minimum Gasteiger partial charge on any atom is -0.390 e. The van der Waals surface area contributed by atoms with E-state index in [-0.39, 0.29) is 19.4 Å². The van der Waals surface area contributed by atoms with Crippen molar-refractivity contribution in [1.82, 2.24) is 19.9 Å². The summed E-state index contributed by atoms with van der Waals surface area (Å²) >= 11 is 0. The van der Waals surface area contributed by atoms with Gasteiger partial charge >= 0.3 is 11.7 Å². The maximum atomic E-state index is 11.8. The number of aliphatic hydroxyl groups is 1. The molecule has 11 heteroatoms. The summed E-state index contributed by atoms with van der Waals surface area (Å²) in [5, 5.41) is 15.6. The van der Waals surface area contributed by atoms with E-state index in [0.717, 1.165) is 0 Å². The highest BCUT2D eigenvalue weighted by Crippen LogP contribution is 2.29. The number of aromatic amines is 1. The van der Waals surface area contributed by atoms with Crippen molar-refractivity contribution in [3.63, 3.8) is 0 Å². The van der Waals surface area contributed by atoms with Gasteiger partial charge in [-0.2, -0.15) is 5.01 Å². The summed E-state index contributed by atoms with van der Waals surface area (Å²) in [6.07, 6.45) is -0.277. The van der Waals surface area contributed by atoms with E-state index < -0.39 is 35.7 Å². The monoisotopic (exact) mass is 341 g/mol. The molecule has 0 saturated carbocycles. The van der Waals surface area contributed by atoms with Gasteiger partial charge in [0.05, 0.1) is 17.5 Å². The predicted octanol–water partition coefficient (Wildman–Crippen LogP) is -0.794. The first kappa shape index (κ1) is 17.8. The molecule has 1 aliphatic heterocycles. The van der Waals surface area contributed by atoms with Gasteiger partial charge < -0.3 is 15.2 Å². The van der Waals surface area contributed by atoms with Crippen molar-refractivity contribution in [1.29, 1.82) is 0 Å². The second-order valence-corrected chi connectivity index (χ2v) is 5.54. The number of hydrogen-bond acceptors (Lipinski definition) is 7. The minimum absolute atomic E-state index is 0.159. The molecule has 3 atom stereocenters. The van der Waals surface area contributed by atoms with Crippen LogP contribution in [-0.2, 0) is 4.74 Å². The van der Waals surface area contributed by atoms with E-state index in [9.17, 15) is 24.4 Å². The van der Waals surface area contributed by atoms with Crippen LogP contribution in [0.4, 0.5) is 4.79 Å². The van der Waals surface area contributed by atoms with E-state index in [4.69, 9.17) is 4.74 Å². The van der Waals surface area contributed by atoms with Crippen LogP contribution in [-0.4, -0.2) is 51.5 Å². The van der Waals surface area contributed by atoms with Gasteiger partial charge in [0.1, 0.15) is 6.23 Å². The molecule has 0 spiro atoms. The Morgan fingerprint density at radius 2 is 2.29 bits per heavy atom. The second kappa shape index (κ2) is 7.36. The zero-order chi connectivity index (χ0) is 17.9. The lowest BCUT2D eigenvalue weighted by Gasteiger charge is -2.17. The van der Waals surface area contributed by atoms with Gasteiger partial charge in [0, 0.05) is 31.8 Å². The largest absolute Gasteiger partial charge is 0.390 e. The summed E-state index contributed by atoms with van der Waals surface area (Å²) in [5.74, 6) is 0. The highest BCUT2D eigenvalue weighted by molar-refractivity contribution is 5.73. The Kier molecular flexibility index (Phi) is 5.46. The third-order valence-electron chi connectivity index (χ3n) is 3.78. The second-order valence-electron chi connectivity index (χ2n) is 5.54. The molecule has 2 heterocycles. The van der Waals surface area contributed by atoms with Crippen LogP contribution in [0.15, 0.2) is 21.1 Å². The van der Waals surface area contributed by atoms with Crippen molar-refractivity contribution in [2.75, 3.05) is 13.6 Å². The predicted molar refractivity (Wildman–Crippen MR) is 82.2 cm³/mol. The molecule has 24 heavy (non-hydrogen) atoms. The van der Waals surface area contributed by atoms with E-state index in [2.05, 4.69) is 15.6 Å². The molecule has 1 aliphatic rings. The molecule has 3 unspecified atom stereocenters.